The van der Waals surface area contributed by atoms with Crippen LogP contribution in [0.1, 0.15) is 40.8 Å². The lowest BCUT2D eigenvalue weighted by atomic mass is 9.98. The Labute approximate surface area is 150 Å². The zero-order valence-corrected chi connectivity index (χ0v) is 15.3. The first-order valence-electron chi connectivity index (χ1n) is 8.67. The Bertz CT molecular complexity index is 862. The van der Waals surface area contributed by atoms with Crippen LogP contribution in [0.15, 0.2) is 28.8 Å². The maximum absolute atomic E-state index is 12.8. The van der Waals surface area contributed by atoms with E-state index >= 15 is 0 Å². The van der Waals surface area contributed by atoms with Gasteiger partial charge in [0.25, 0.3) is 0 Å². The highest BCUT2D eigenvalue weighted by atomic mass is 32.1. The number of rotatable bonds is 3. The van der Waals surface area contributed by atoms with Gasteiger partial charge in [0.15, 0.2) is 0 Å². The highest BCUT2D eigenvalue weighted by Crippen LogP contribution is 2.33. The molecule has 130 valence electrons. The zero-order chi connectivity index (χ0) is 17.4. The van der Waals surface area contributed by atoms with Gasteiger partial charge in [-0.3, -0.25) is 4.79 Å². The number of likely N-dealkylation sites (tertiary alicyclic amines) is 1. The first kappa shape index (κ1) is 16.3. The van der Waals surface area contributed by atoms with Crippen molar-refractivity contribution in [1.29, 1.82) is 0 Å². The Morgan fingerprint density at radius 3 is 2.96 bits per heavy atom. The van der Waals surface area contributed by atoms with Crippen LogP contribution in [0, 0.1) is 13.8 Å². The normalized spacial score (nSPS) is 18.0. The number of thiazole rings is 1. The Kier molecular flexibility index (Phi) is 4.29. The van der Waals surface area contributed by atoms with Crippen molar-refractivity contribution in [1.82, 2.24) is 15.0 Å². The van der Waals surface area contributed by atoms with Crippen LogP contribution in [0.4, 0.5) is 0 Å². The number of hydrogen-bond donors (Lipinski definition) is 0. The molecular formula is C19H21N3O2S. The van der Waals surface area contributed by atoms with E-state index in [0.29, 0.717) is 12.3 Å². The van der Waals surface area contributed by atoms with Gasteiger partial charge in [-0.2, -0.15) is 0 Å². The Morgan fingerprint density at radius 2 is 2.20 bits per heavy atom. The lowest BCUT2D eigenvalue weighted by Crippen LogP contribution is -2.40. The standard InChI is InChI=1S/C19H21N3O2S/c1-12-15(13(2)24-21-12)10-18(23)22-9-5-6-14(11-22)19-20-16-7-3-4-8-17(16)25-19/h3-4,7-8,14H,5-6,9-11H2,1-2H3. The molecule has 6 heteroatoms. The molecule has 1 saturated heterocycles. The maximum atomic E-state index is 12.8. The summed E-state index contributed by atoms with van der Waals surface area (Å²) in [6.45, 7) is 5.33. The first-order valence-corrected chi connectivity index (χ1v) is 9.48. The van der Waals surface area contributed by atoms with Gasteiger partial charge in [0.2, 0.25) is 5.91 Å². The summed E-state index contributed by atoms with van der Waals surface area (Å²) < 4.78 is 6.40. The molecule has 0 spiro atoms. The molecular weight excluding hydrogens is 334 g/mol. The van der Waals surface area contributed by atoms with Gasteiger partial charge >= 0.3 is 0 Å². The molecule has 4 rings (SSSR count). The minimum absolute atomic E-state index is 0.153. The highest BCUT2D eigenvalue weighted by molar-refractivity contribution is 7.18. The summed E-state index contributed by atoms with van der Waals surface area (Å²) in [4.78, 5) is 19.5. The number of para-hydroxylation sites is 1. The van der Waals surface area contributed by atoms with Crippen LogP contribution in [0.25, 0.3) is 10.2 Å². The van der Waals surface area contributed by atoms with Crippen molar-refractivity contribution in [2.24, 2.45) is 0 Å². The van der Waals surface area contributed by atoms with Crippen LogP contribution in [0.5, 0.6) is 0 Å². The summed E-state index contributed by atoms with van der Waals surface area (Å²) in [5, 5.41) is 5.10. The van der Waals surface area contributed by atoms with E-state index in [-0.39, 0.29) is 5.91 Å². The number of carbonyl (C=O) groups excluding carboxylic acids is 1. The maximum Gasteiger partial charge on any atom is 0.227 e. The molecule has 0 saturated carbocycles. The van der Waals surface area contributed by atoms with Crippen LogP contribution in [0.3, 0.4) is 0 Å². The largest absolute Gasteiger partial charge is 0.361 e. The SMILES string of the molecule is Cc1noc(C)c1CC(=O)N1CCCC(c2nc3ccccc3s2)C1. The van der Waals surface area contributed by atoms with Crippen LogP contribution in [-0.2, 0) is 11.2 Å². The fourth-order valence-electron chi connectivity index (χ4n) is 3.49. The van der Waals surface area contributed by atoms with E-state index < -0.39 is 0 Å². The summed E-state index contributed by atoms with van der Waals surface area (Å²) >= 11 is 1.75. The molecule has 0 radical (unpaired) electrons. The summed E-state index contributed by atoms with van der Waals surface area (Å²) in [5.74, 6) is 1.23. The van der Waals surface area contributed by atoms with E-state index in [0.717, 1.165) is 53.5 Å². The number of carbonyl (C=O) groups is 1. The number of aryl methyl sites for hydroxylation is 2. The quantitative estimate of drug-likeness (QED) is 0.716. The zero-order valence-electron chi connectivity index (χ0n) is 14.5. The minimum Gasteiger partial charge on any atom is -0.361 e. The van der Waals surface area contributed by atoms with E-state index in [1.54, 1.807) is 11.3 Å². The fraction of sp³-hybridized carbons (Fsp3) is 0.421. The molecule has 1 aromatic carbocycles. The van der Waals surface area contributed by atoms with Gasteiger partial charge < -0.3 is 9.42 Å². The molecule has 3 aromatic rings. The van der Waals surface area contributed by atoms with Gasteiger partial charge in [-0.1, -0.05) is 17.3 Å². The van der Waals surface area contributed by atoms with E-state index in [2.05, 4.69) is 17.3 Å². The lowest BCUT2D eigenvalue weighted by molar-refractivity contribution is -0.131. The number of piperidine rings is 1. The Hall–Kier alpha value is -2.21. The van der Waals surface area contributed by atoms with Crippen LogP contribution >= 0.6 is 11.3 Å². The first-order chi connectivity index (χ1) is 12.1. The molecule has 3 heterocycles. The molecule has 1 aliphatic rings. The molecule has 1 aliphatic heterocycles. The van der Waals surface area contributed by atoms with Crippen molar-refractivity contribution in [2.45, 2.75) is 39.0 Å². The van der Waals surface area contributed by atoms with Gasteiger partial charge in [-0.05, 0) is 38.8 Å². The third-order valence-electron chi connectivity index (χ3n) is 4.94. The van der Waals surface area contributed by atoms with Crippen LogP contribution in [-0.4, -0.2) is 34.0 Å². The number of amides is 1. The number of nitrogens with zero attached hydrogens (tertiary/aromatic N) is 3. The molecule has 0 bridgehead atoms. The lowest BCUT2D eigenvalue weighted by Gasteiger charge is -2.32. The fourth-order valence-corrected chi connectivity index (χ4v) is 4.58. The molecule has 1 atom stereocenters. The summed E-state index contributed by atoms with van der Waals surface area (Å²) in [7, 11) is 0. The van der Waals surface area contributed by atoms with Gasteiger partial charge in [-0.25, -0.2) is 4.98 Å². The molecule has 2 aromatic heterocycles. The van der Waals surface area contributed by atoms with Gasteiger partial charge in [0.05, 0.1) is 27.3 Å². The monoisotopic (exact) mass is 355 g/mol. The Balaban J connectivity index is 1.49. The van der Waals surface area contributed by atoms with Crippen molar-refractivity contribution in [3.63, 3.8) is 0 Å². The van der Waals surface area contributed by atoms with Crippen LogP contribution < -0.4 is 0 Å². The van der Waals surface area contributed by atoms with Crippen LogP contribution in [0.2, 0.25) is 0 Å². The smallest absolute Gasteiger partial charge is 0.227 e. The number of hydrogen-bond acceptors (Lipinski definition) is 5. The molecule has 1 fully saturated rings. The Morgan fingerprint density at radius 1 is 1.36 bits per heavy atom. The molecule has 5 nitrogen and oxygen atoms in total. The molecule has 0 N–H and O–H groups in total. The van der Waals surface area contributed by atoms with Crippen molar-refractivity contribution in [3.05, 3.63) is 46.3 Å². The second-order valence-electron chi connectivity index (χ2n) is 6.68. The molecule has 25 heavy (non-hydrogen) atoms. The number of aromatic nitrogens is 2. The highest BCUT2D eigenvalue weighted by Gasteiger charge is 2.27. The topological polar surface area (TPSA) is 59.2 Å². The molecule has 1 unspecified atom stereocenters. The third-order valence-corrected chi connectivity index (χ3v) is 6.14. The number of benzene rings is 1. The van der Waals surface area contributed by atoms with Crippen molar-refractivity contribution < 1.29 is 9.32 Å². The van der Waals surface area contributed by atoms with Crippen molar-refractivity contribution in [2.75, 3.05) is 13.1 Å². The second-order valence-corrected chi connectivity index (χ2v) is 7.74. The summed E-state index contributed by atoms with van der Waals surface area (Å²) in [6.07, 6.45) is 2.48. The third kappa shape index (κ3) is 3.18. The van der Waals surface area contributed by atoms with Gasteiger partial charge in [-0.15, -0.1) is 11.3 Å². The van der Waals surface area contributed by atoms with Crippen molar-refractivity contribution >= 4 is 27.5 Å². The van der Waals surface area contributed by atoms with Crippen molar-refractivity contribution in [3.8, 4) is 0 Å². The second kappa shape index (κ2) is 6.59. The predicted octanol–water partition coefficient (Wildman–Crippen LogP) is 3.85. The van der Waals surface area contributed by atoms with E-state index in [9.17, 15) is 4.79 Å². The molecule has 1 amide bonds. The summed E-state index contributed by atoms with van der Waals surface area (Å²) in [6, 6.07) is 8.23. The van der Waals surface area contributed by atoms with E-state index in [4.69, 9.17) is 9.51 Å². The predicted molar refractivity (Wildman–Crippen MR) is 97.9 cm³/mol. The van der Waals surface area contributed by atoms with E-state index in [1.807, 2.05) is 30.9 Å². The van der Waals surface area contributed by atoms with Gasteiger partial charge in [0.1, 0.15) is 5.76 Å². The summed E-state index contributed by atoms with van der Waals surface area (Å²) in [5.41, 5.74) is 2.79. The van der Waals surface area contributed by atoms with Gasteiger partial charge in [0, 0.05) is 24.6 Å². The van der Waals surface area contributed by atoms with E-state index in [1.165, 1.54) is 4.70 Å². The average Bonchev–Trinajstić information content (AvgIpc) is 3.20. The average molecular weight is 355 g/mol. The number of fused-ring (bicyclic) bond motifs is 1. The molecule has 0 aliphatic carbocycles. The minimum atomic E-state index is 0.153.